The number of quaternary nitrogens is 1. The van der Waals surface area contributed by atoms with Crippen LogP contribution in [0.4, 0.5) is 0 Å². The van der Waals surface area contributed by atoms with Crippen LogP contribution in [-0.2, 0) is 14.2 Å². The van der Waals surface area contributed by atoms with Gasteiger partial charge in [0.15, 0.2) is 5.60 Å². The van der Waals surface area contributed by atoms with Crippen LogP contribution in [0.2, 0.25) is 0 Å². The van der Waals surface area contributed by atoms with Gasteiger partial charge >= 0.3 is 0 Å². The maximum absolute atomic E-state index is 12.8. The van der Waals surface area contributed by atoms with Gasteiger partial charge in [0.2, 0.25) is 0 Å². The monoisotopic (exact) mass is 454 g/mol. The van der Waals surface area contributed by atoms with Gasteiger partial charge < -0.3 is 39.5 Å². The summed E-state index contributed by atoms with van der Waals surface area (Å²) in [6.07, 6.45) is 0.0914. The standard InChI is InChI=1S/C24H39NO7/c1-5-25-10-21(11-30-2)7-6-15(26)23-13-8-12-14(31-3)9-22(28,16(13)17(12)27)24(29,20(23)25)19(32-4)18(21)23/h12-20,26-29H,5-11H2,1-4H3/p+1. The Morgan fingerprint density at radius 3 is 2.47 bits per heavy atom. The third kappa shape index (κ3) is 1.99. The Bertz CT molecular complexity index is 798. The molecule has 1 heterocycles. The van der Waals surface area contributed by atoms with Crippen molar-refractivity contribution in [3.8, 4) is 0 Å². The van der Waals surface area contributed by atoms with Crippen molar-refractivity contribution < 1.29 is 39.5 Å². The van der Waals surface area contributed by atoms with E-state index in [0.717, 1.165) is 19.5 Å². The lowest BCUT2D eigenvalue weighted by atomic mass is 9.42. The third-order valence-electron chi connectivity index (χ3n) is 11.4. The number of nitrogens with one attached hydrogen (secondary N) is 1. The van der Waals surface area contributed by atoms with Gasteiger partial charge in [-0.25, -0.2) is 0 Å². The lowest BCUT2D eigenvalue weighted by Crippen LogP contribution is -3.23. The Kier molecular flexibility index (Phi) is 4.62. The van der Waals surface area contributed by atoms with Crippen molar-refractivity contribution >= 4 is 0 Å². The first-order valence-corrected chi connectivity index (χ1v) is 12.4. The first-order valence-electron chi connectivity index (χ1n) is 12.4. The van der Waals surface area contributed by atoms with Crippen molar-refractivity contribution in [3.05, 3.63) is 0 Å². The van der Waals surface area contributed by atoms with Crippen molar-refractivity contribution in [3.63, 3.8) is 0 Å². The van der Waals surface area contributed by atoms with Gasteiger partial charge in [-0.1, -0.05) is 0 Å². The molecule has 8 nitrogen and oxygen atoms in total. The van der Waals surface area contributed by atoms with Crippen LogP contribution in [0.3, 0.4) is 0 Å². The van der Waals surface area contributed by atoms with Crippen molar-refractivity contribution in [2.45, 2.75) is 74.3 Å². The Balaban J connectivity index is 1.67. The molecule has 8 heteroatoms. The predicted molar refractivity (Wildman–Crippen MR) is 113 cm³/mol. The lowest BCUT2D eigenvalue weighted by molar-refractivity contribution is -0.956. The fourth-order valence-electron chi connectivity index (χ4n) is 10.9. The molecule has 0 amide bonds. The van der Waals surface area contributed by atoms with Gasteiger partial charge in [-0.2, -0.15) is 0 Å². The second-order valence-electron chi connectivity index (χ2n) is 11.9. The molecule has 0 aromatic heterocycles. The molecule has 6 rings (SSSR count). The van der Waals surface area contributed by atoms with E-state index in [1.807, 2.05) is 0 Å². The first-order chi connectivity index (χ1) is 15.2. The number of fused-ring (bicyclic) bond motifs is 2. The summed E-state index contributed by atoms with van der Waals surface area (Å²) in [7, 11) is 4.97. The highest BCUT2D eigenvalue weighted by Gasteiger charge is 2.93. The highest BCUT2D eigenvalue weighted by Crippen LogP contribution is 2.78. The summed E-state index contributed by atoms with van der Waals surface area (Å²) >= 11 is 0. The van der Waals surface area contributed by atoms with E-state index < -0.39 is 40.8 Å². The summed E-state index contributed by atoms with van der Waals surface area (Å²) in [5, 5.41) is 48.6. The molecule has 32 heavy (non-hydrogen) atoms. The molecular formula is C24H40NO7+. The summed E-state index contributed by atoms with van der Waals surface area (Å²) in [6, 6.07) is -0.358. The molecule has 1 saturated heterocycles. The molecular weight excluding hydrogens is 414 g/mol. The Hall–Kier alpha value is -0.320. The van der Waals surface area contributed by atoms with Gasteiger partial charge in [0, 0.05) is 50.9 Å². The maximum atomic E-state index is 12.8. The molecule has 14 unspecified atom stereocenters. The number of likely N-dealkylation sites (tertiary alicyclic amines) is 1. The van der Waals surface area contributed by atoms with E-state index in [9.17, 15) is 20.4 Å². The number of rotatable bonds is 5. The van der Waals surface area contributed by atoms with Crippen LogP contribution in [0.5, 0.6) is 0 Å². The molecule has 0 aromatic rings. The van der Waals surface area contributed by atoms with Gasteiger partial charge in [0.1, 0.15) is 11.6 Å². The van der Waals surface area contributed by atoms with Crippen LogP contribution in [0.25, 0.3) is 0 Å². The summed E-state index contributed by atoms with van der Waals surface area (Å²) < 4.78 is 17.7. The minimum absolute atomic E-state index is 0.0923. The van der Waals surface area contributed by atoms with E-state index >= 15 is 0 Å². The van der Waals surface area contributed by atoms with Gasteiger partial charge in [0.05, 0.1) is 49.5 Å². The smallest absolute Gasteiger partial charge is 0.172 e. The summed E-state index contributed by atoms with van der Waals surface area (Å²) in [5.74, 6) is -0.825. The molecule has 6 fully saturated rings. The molecule has 0 aromatic carbocycles. The topological polar surface area (TPSA) is 113 Å². The second-order valence-corrected chi connectivity index (χ2v) is 11.9. The molecule has 182 valence electrons. The van der Waals surface area contributed by atoms with E-state index in [-0.39, 0.29) is 41.7 Å². The van der Waals surface area contributed by atoms with Crippen LogP contribution in [0.1, 0.15) is 32.6 Å². The molecule has 5 N–H and O–H groups in total. The quantitative estimate of drug-likeness (QED) is 0.333. The number of methoxy groups -OCH3 is 3. The van der Waals surface area contributed by atoms with Crippen molar-refractivity contribution in [1.29, 1.82) is 0 Å². The van der Waals surface area contributed by atoms with Crippen molar-refractivity contribution in [1.82, 2.24) is 0 Å². The van der Waals surface area contributed by atoms with Crippen LogP contribution in [0.15, 0.2) is 0 Å². The van der Waals surface area contributed by atoms with E-state index in [0.29, 0.717) is 19.4 Å². The van der Waals surface area contributed by atoms with Crippen molar-refractivity contribution in [2.75, 3.05) is 41.0 Å². The summed E-state index contributed by atoms with van der Waals surface area (Å²) in [6.45, 7) is 4.27. The minimum atomic E-state index is -1.59. The molecule has 1 spiro atoms. The van der Waals surface area contributed by atoms with Gasteiger partial charge in [-0.15, -0.1) is 0 Å². The Morgan fingerprint density at radius 2 is 1.84 bits per heavy atom. The number of aliphatic hydroxyl groups is 4. The molecule has 1 aliphatic heterocycles. The number of hydrogen-bond donors (Lipinski definition) is 5. The highest BCUT2D eigenvalue weighted by molar-refractivity contribution is 5.38. The van der Waals surface area contributed by atoms with Crippen LogP contribution >= 0.6 is 0 Å². The van der Waals surface area contributed by atoms with E-state index in [4.69, 9.17) is 14.2 Å². The number of aliphatic hydroxyl groups excluding tert-OH is 2. The molecule has 6 aliphatic rings. The largest absolute Gasteiger partial charge is 0.392 e. The van der Waals surface area contributed by atoms with Crippen LogP contribution in [-0.4, -0.2) is 103 Å². The second kappa shape index (κ2) is 6.66. The zero-order valence-electron chi connectivity index (χ0n) is 19.7. The Labute approximate surface area is 189 Å². The molecule has 7 bridgehead atoms. The van der Waals surface area contributed by atoms with Crippen molar-refractivity contribution in [2.24, 2.45) is 34.5 Å². The van der Waals surface area contributed by atoms with E-state index in [2.05, 4.69) is 6.92 Å². The fraction of sp³-hybridized carbons (Fsp3) is 1.00. The predicted octanol–water partition coefficient (Wildman–Crippen LogP) is -1.80. The molecule has 5 aliphatic carbocycles. The zero-order valence-corrected chi connectivity index (χ0v) is 19.7. The minimum Gasteiger partial charge on any atom is -0.392 e. The SMILES string of the molecule is CC[NH+]1CC2(COC)CCC(O)C34C5CC6C(OC)CC(O)(C5C6O)C(O)(C(OC)C23)C14. The summed E-state index contributed by atoms with van der Waals surface area (Å²) in [4.78, 5) is 1.21. The van der Waals surface area contributed by atoms with Crippen LogP contribution < -0.4 is 4.90 Å². The molecule has 14 atom stereocenters. The normalized spacial score (nSPS) is 64.1. The number of ether oxygens (including phenoxy) is 3. The number of likely N-dealkylation sites (N-methyl/N-ethyl adjacent to an activating group) is 1. The van der Waals surface area contributed by atoms with Crippen LogP contribution in [0, 0.1) is 34.5 Å². The van der Waals surface area contributed by atoms with E-state index in [1.54, 1.807) is 21.3 Å². The lowest BCUT2D eigenvalue weighted by Gasteiger charge is -2.67. The Morgan fingerprint density at radius 1 is 1.09 bits per heavy atom. The molecule has 0 radical (unpaired) electrons. The van der Waals surface area contributed by atoms with Gasteiger partial charge in [-0.3, -0.25) is 0 Å². The first kappa shape index (κ1) is 22.2. The number of piperidine rings is 1. The molecule has 5 saturated carbocycles. The average Bonchev–Trinajstić information content (AvgIpc) is 3.14. The maximum Gasteiger partial charge on any atom is 0.172 e. The zero-order chi connectivity index (χ0) is 22.8. The highest BCUT2D eigenvalue weighted by atomic mass is 16.5. The fourth-order valence-corrected chi connectivity index (χ4v) is 10.9. The van der Waals surface area contributed by atoms with Gasteiger partial charge in [0.25, 0.3) is 0 Å². The summed E-state index contributed by atoms with van der Waals surface area (Å²) in [5.41, 5.74) is -4.01. The third-order valence-corrected chi connectivity index (χ3v) is 11.4. The average molecular weight is 455 g/mol. The van der Waals surface area contributed by atoms with Gasteiger partial charge in [-0.05, 0) is 32.1 Å². The number of hydrogen-bond acceptors (Lipinski definition) is 7. The van der Waals surface area contributed by atoms with E-state index in [1.165, 1.54) is 4.90 Å².